The highest BCUT2D eigenvalue weighted by molar-refractivity contribution is 7.99. The summed E-state index contributed by atoms with van der Waals surface area (Å²) in [7, 11) is 0. The van der Waals surface area contributed by atoms with E-state index in [0.29, 0.717) is 17.2 Å². The Balaban J connectivity index is 1.62. The Bertz CT molecular complexity index is 723. The first-order valence-corrected chi connectivity index (χ1v) is 10.5. The number of aromatic nitrogens is 1. The predicted molar refractivity (Wildman–Crippen MR) is 102 cm³/mol. The van der Waals surface area contributed by atoms with Crippen LogP contribution in [0.1, 0.15) is 28.7 Å². The number of nitrogens with two attached hydrogens (primary N) is 2. The number of thioether (sulfide) groups is 1. The number of rotatable bonds is 6. The van der Waals surface area contributed by atoms with Gasteiger partial charge in [-0.15, -0.1) is 11.3 Å². The van der Waals surface area contributed by atoms with Gasteiger partial charge in [-0.1, -0.05) is 6.92 Å². The molecule has 0 bridgehead atoms. The molecule has 2 aliphatic rings. The maximum absolute atomic E-state index is 12.6. The van der Waals surface area contributed by atoms with Crippen LogP contribution in [-0.2, 0) is 16.0 Å². The number of hydrogen-bond acceptors (Lipinski definition) is 7. The highest BCUT2D eigenvalue weighted by Gasteiger charge is 2.51. The first-order valence-electron chi connectivity index (χ1n) is 8.56. The quantitative estimate of drug-likeness (QED) is 0.623. The van der Waals surface area contributed by atoms with Crippen molar-refractivity contribution < 1.29 is 14.4 Å². The van der Waals surface area contributed by atoms with E-state index in [-0.39, 0.29) is 37.4 Å². The van der Waals surface area contributed by atoms with E-state index in [2.05, 4.69) is 10.3 Å². The lowest BCUT2D eigenvalue weighted by molar-refractivity contribution is -0.136. The minimum atomic E-state index is -0.912. The number of primary amides is 1. The molecule has 10 heteroatoms. The summed E-state index contributed by atoms with van der Waals surface area (Å²) >= 11 is 3.05. The largest absolute Gasteiger partial charge is 0.375 e. The van der Waals surface area contributed by atoms with E-state index in [9.17, 15) is 14.4 Å². The van der Waals surface area contributed by atoms with Crippen LogP contribution in [0.3, 0.4) is 0 Å². The molecule has 1 aromatic rings. The number of nitrogens with one attached hydrogen (secondary N) is 1. The van der Waals surface area contributed by atoms with Crippen LogP contribution in [-0.4, -0.2) is 58.7 Å². The summed E-state index contributed by atoms with van der Waals surface area (Å²) < 4.78 is 0. The van der Waals surface area contributed by atoms with Gasteiger partial charge in [-0.25, -0.2) is 4.98 Å². The zero-order chi connectivity index (χ0) is 18.9. The average molecular weight is 398 g/mol. The minimum Gasteiger partial charge on any atom is -0.375 e. The van der Waals surface area contributed by atoms with Crippen molar-refractivity contribution in [3.8, 4) is 0 Å². The number of likely N-dealkylation sites (tertiary alicyclic amines) is 1. The van der Waals surface area contributed by atoms with Crippen LogP contribution in [0.5, 0.6) is 0 Å². The molecule has 26 heavy (non-hydrogen) atoms. The fourth-order valence-corrected chi connectivity index (χ4v) is 5.23. The molecular formula is C16H23N5O3S2. The molecule has 0 saturated carbocycles. The number of nitrogen functional groups attached to an aromatic ring is 1. The maximum atomic E-state index is 12.6. The highest BCUT2D eigenvalue weighted by atomic mass is 32.2. The van der Waals surface area contributed by atoms with E-state index < -0.39 is 11.3 Å². The van der Waals surface area contributed by atoms with Gasteiger partial charge in [0.1, 0.15) is 11.1 Å². The third kappa shape index (κ3) is 3.52. The summed E-state index contributed by atoms with van der Waals surface area (Å²) in [6.45, 7) is 2.46. The number of aryl methyl sites for hydroxylation is 1. The van der Waals surface area contributed by atoms with Gasteiger partial charge in [-0.05, 0) is 18.6 Å². The van der Waals surface area contributed by atoms with Crippen LogP contribution >= 0.6 is 23.1 Å². The molecule has 3 heterocycles. The Morgan fingerprint density at radius 1 is 1.38 bits per heavy atom. The lowest BCUT2D eigenvalue weighted by Crippen LogP contribution is -2.67. The fraction of sp³-hybridized carbons (Fsp3) is 0.625. The maximum Gasteiger partial charge on any atom is 0.273 e. The van der Waals surface area contributed by atoms with E-state index in [1.165, 1.54) is 16.2 Å². The zero-order valence-corrected chi connectivity index (χ0v) is 16.3. The summed E-state index contributed by atoms with van der Waals surface area (Å²) in [4.78, 5) is 43.3. The molecule has 2 aliphatic heterocycles. The van der Waals surface area contributed by atoms with Crippen molar-refractivity contribution in [2.45, 2.75) is 19.8 Å². The lowest BCUT2D eigenvalue weighted by atomic mass is 9.78. The first-order chi connectivity index (χ1) is 12.4. The van der Waals surface area contributed by atoms with Gasteiger partial charge in [-0.3, -0.25) is 14.4 Å². The lowest BCUT2D eigenvalue weighted by Gasteiger charge is -2.47. The number of nitrogens with zero attached hydrogens (tertiary/aromatic N) is 2. The van der Waals surface area contributed by atoms with Crippen molar-refractivity contribution in [3.05, 3.63) is 10.6 Å². The van der Waals surface area contributed by atoms with Crippen molar-refractivity contribution in [3.63, 3.8) is 0 Å². The number of anilines is 1. The van der Waals surface area contributed by atoms with Gasteiger partial charge in [0.15, 0.2) is 5.13 Å². The summed E-state index contributed by atoms with van der Waals surface area (Å²) in [5.74, 6) is 0.998. The van der Waals surface area contributed by atoms with Crippen LogP contribution in [0.2, 0.25) is 0 Å². The van der Waals surface area contributed by atoms with Crippen LogP contribution in [0, 0.1) is 11.3 Å². The SMILES string of the molecule is CCc1sc(N)nc1C(=O)N1CC(CNC(=O)C2CCSC2)(C(N)=O)C1. The standard InChI is InChI=1S/C16H23N5O3S2/c1-2-10-11(20-15(18)26-10)13(23)21-7-16(8-21,14(17)24)6-19-12(22)9-3-4-25-5-9/h9H,2-8H2,1H3,(H2,17,24)(H2,18,20)(H,19,22). The van der Waals surface area contributed by atoms with Crippen LogP contribution in [0.4, 0.5) is 5.13 Å². The van der Waals surface area contributed by atoms with Gasteiger partial charge < -0.3 is 21.7 Å². The molecule has 0 aliphatic carbocycles. The smallest absolute Gasteiger partial charge is 0.273 e. The highest BCUT2D eigenvalue weighted by Crippen LogP contribution is 2.33. The Hall–Kier alpha value is -1.81. The summed E-state index contributed by atoms with van der Waals surface area (Å²) in [5, 5.41) is 3.21. The van der Waals surface area contributed by atoms with Gasteiger partial charge >= 0.3 is 0 Å². The molecule has 2 saturated heterocycles. The Morgan fingerprint density at radius 2 is 2.12 bits per heavy atom. The van der Waals surface area contributed by atoms with E-state index >= 15 is 0 Å². The second-order valence-electron chi connectivity index (χ2n) is 6.76. The van der Waals surface area contributed by atoms with Crippen molar-refractivity contribution >= 4 is 46.0 Å². The van der Waals surface area contributed by atoms with E-state index in [0.717, 1.165) is 22.8 Å². The molecule has 0 aromatic carbocycles. The monoisotopic (exact) mass is 397 g/mol. The molecule has 0 radical (unpaired) electrons. The number of thiazole rings is 1. The number of carbonyl (C=O) groups excluding carboxylic acids is 3. The van der Waals surface area contributed by atoms with Crippen molar-refractivity contribution in [2.75, 3.05) is 36.9 Å². The van der Waals surface area contributed by atoms with Crippen molar-refractivity contribution in [1.82, 2.24) is 15.2 Å². The molecule has 3 amide bonds. The van der Waals surface area contributed by atoms with Crippen molar-refractivity contribution in [1.29, 1.82) is 0 Å². The minimum absolute atomic E-state index is 0.00664. The third-order valence-corrected chi connectivity index (χ3v) is 7.13. The molecule has 1 aromatic heterocycles. The molecule has 3 rings (SSSR count). The second-order valence-corrected chi connectivity index (χ2v) is 9.03. The van der Waals surface area contributed by atoms with Gasteiger partial charge in [0.25, 0.3) is 5.91 Å². The molecule has 2 fully saturated rings. The summed E-state index contributed by atoms with van der Waals surface area (Å²) in [5.41, 5.74) is 10.7. The fourth-order valence-electron chi connectivity index (χ4n) is 3.25. The van der Waals surface area contributed by atoms with Gasteiger partial charge in [0, 0.05) is 36.2 Å². The van der Waals surface area contributed by atoms with Crippen LogP contribution in [0.15, 0.2) is 0 Å². The second kappa shape index (κ2) is 7.43. The van der Waals surface area contributed by atoms with Crippen molar-refractivity contribution in [2.24, 2.45) is 17.1 Å². The van der Waals surface area contributed by atoms with Gasteiger partial charge in [-0.2, -0.15) is 11.8 Å². The Kier molecular flexibility index (Phi) is 5.42. The number of carbonyl (C=O) groups is 3. The normalized spacial score (nSPS) is 21.3. The van der Waals surface area contributed by atoms with Gasteiger partial charge in [0.2, 0.25) is 11.8 Å². The molecule has 1 atom stereocenters. The molecular weight excluding hydrogens is 374 g/mol. The topological polar surface area (TPSA) is 131 Å². The van der Waals surface area contributed by atoms with Crippen LogP contribution < -0.4 is 16.8 Å². The molecule has 142 valence electrons. The predicted octanol–water partition coefficient (Wildman–Crippen LogP) is 0.0845. The third-order valence-electron chi connectivity index (χ3n) is 4.94. The molecule has 0 spiro atoms. The Labute approximate surface area is 160 Å². The summed E-state index contributed by atoms with van der Waals surface area (Å²) in [6, 6.07) is 0. The van der Waals surface area contributed by atoms with Crippen LogP contribution in [0.25, 0.3) is 0 Å². The Morgan fingerprint density at radius 3 is 2.69 bits per heavy atom. The molecule has 5 N–H and O–H groups in total. The van der Waals surface area contributed by atoms with E-state index in [1.54, 1.807) is 11.8 Å². The number of hydrogen-bond donors (Lipinski definition) is 3. The molecule has 1 unspecified atom stereocenters. The van der Waals surface area contributed by atoms with Gasteiger partial charge in [0.05, 0.1) is 0 Å². The van der Waals surface area contributed by atoms with E-state index in [4.69, 9.17) is 11.5 Å². The van der Waals surface area contributed by atoms with E-state index in [1.807, 2.05) is 6.92 Å². The first kappa shape index (κ1) is 19.0. The summed E-state index contributed by atoms with van der Waals surface area (Å²) in [6.07, 6.45) is 1.52. The molecule has 8 nitrogen and oxygen atoms in total. The average Bonchev–Trinajstić information content (AvgIpc) is 3.22. The number of amides is 3. The zero-order valence-electron chi connectivity index (χ0n) is 14.6.